The zero-order valence-corrected chi connectivity index (χ0v) is 10.4. The Balaban J connectivity index is 2.05. The van der Waals surface area contributed by atoms with Crippen LogP contribution in [0.4, 0.5) is 0 Å². The van der Waals surface area contributed by atoms with Gasteiger partial charge in [0.25, 0.3) is 0 Å². The molecular weight excluding hydrogens is 234 g/mol. The lowest BCUT2D eigenvalue weighted by Crippen LogP contribution is -2.17. The lowest BCUT2D eigenvalue weighted by atomic mass is 10.2. The normalized spacial score (nSPS) is 18.8. The first kappa shape index (κ1) is 12.8. The first-order chi connectivity index (χ1) is 8.69. The van der Waals surface area contributed by atoms with Crippen LogP contribution in [0.2, 0.25) is 0 Å². The van der Waals surface area contributed by atoms with Crippen molar-refractivity contribution in [3.63, 3.8) is 0 Å². The van der Waals surface area contributed by atoms with Gasteiger partial charge in [-0.05, 0) is 25.3 Å². The molecule has 1 aliphatic heterocycles. The van der Waals surface area contributed by atoms with Gasteiger partial charge in [0.2, 0.25) is 5.88 Å². The molecule has 1 fully saturated rings. The molecule has 0 bridgehead atoms. The highest BCUT2D eigenvalue weighted by molar-refractivity contribution is 5.88. The second-order valence-electron chi connectivity index (χ2n) is 4.29. The number of pyridine rings is 1. The van der Waals surface area contributed by atoms with Crippen LogP contribution in [0, 0.1) is 0 Å². The minimum Gasteiger partial charge on any atom is -0.478 e. The number of aryl methyl sites for hydroxylation is 1. The number of hydrogen-bond acceptors (Lipinski definition) is 4. The Morgan fingerprint density at radius 1 is 1.61 bits per heavy atom. The zero-order chi connectivity index (χ0) is 13.0. The molecule has 0 spiro atoms. The van der Waals surface area contributed by atoms with Crippen molar-refractivity contribution in [1.29, 1.82) is 0 Å². The minimum absolute atomic E-state index is 0.102. The van der Waals surface area contributed by atoms with Crippen LogP contribution in [-0.2, 0) is 11.2 Å². The summed E-state index contributed by atoms with van der Waals surface area (Å²) in [6.07, 6.45) is 2.82. The molecule has 5 heteroatoms. The fraction of sp³-hybridized carbons (Fsp3) is 0.538. The summed E-state index contributed by atoms with van der Waals surface area (Å²) < 4.78 is 11.0. The number of rotatable bonds is 5. The second kappa shape index (κ2) is 5.82. The Morgan fingerprint density at radius 3 is 3.06 bits per heavy atom. The van der Waals surface area contributed by atoms with E-state index in [-0.39, 0.29) is 11.7 Å². The predicted octanol–water partition coefficient (Wildman–Crippen LogP) is 1.90. The molecular formula is C13H17NO4. The summed E-state index contributed by atoms with van der Waals surface area (Å²) >= 11 is 0. The lowest BCUT2D eigenvalue weighted by Gasteiger charge is -2.11. The van der Waals surface area contributed by atoms with Crippen LogP contribution in [0.3, 0.4) is 0 Å². The molecule has 18 heavy (non-hydrogen) atoms. The summed E-state index contributed by atoms with van der Waals surface area (Å²) in [6.45, 7) is 3.13. The fourth-order valence-corrected chi connectivity index (χ4v) is 1.89. The van der Waals surface area contributed by atoms with Gasteiger partial charge in [0, 0.05) is 18.4 Å². The van der Waals surface area contributed by atoms with Gasteiger partial charge < -0.3 is 14.6 Å². The highest BCUT2D eigenvalue weighted by atomic mass is 16.5. The fourth-order valence-electron chi connectivity index (χ4n) is 1.89. The SMILES string of the molecule is CCc1cc(C(=O)O)cc(OCC2CCCO2)n1. The zero-order valence-electron chi connectivity index (χ0n) is 10.4. The van der Waals surface area contributed by atoms with Crippen molar-refractivity contribution < 1.29 is 19.4 Å². The molecule has 2 rings (SSSR count). The molecule has 1 unspecified atom stereocenters. The number of ether oxygens (including phenoxy) is 2. The standard InChI is InChI=1S/C13H17NO4/c1-2-10-6-9(13(15)16)7-12(14-10)18-8-11-4-3-5-17-11/h6-7,11H,2-5,8H2,1H3,(H,15,16). The Kier molecular flexibility index (Phi) is 4.15. The molecule has 0 saturated carbocycles. The molecule has 0 amide bonds. The number of hydrogen-bond donors (Lipinski definition) is 1. The van der Waals surface area contributed by atoms with E-state index in [4.69, 9.17) is 14.6 Å². The highest BCUT2D eigenvalue weighted by Crippen LogP contribution is 2.17. The summed E-state index contributed by atoms with van der Waals surface area (Å²) in [6, 6.07) is 3.03. The number of aromatic nitrogens is 1. The second-order valence-corrected chi connectivity index (χ2v) is 4.29. The largest absolute Gasteiger partial charge is 0.478 e. The van der Waals surface area contributed by atoms with Crippen LogP contribution in [-0.4, -0.2) is 35.4 Å². The van der Waals surface area contributed by atoms with Gasteiger partial charge >= 0.3 is 5.97 Å². The third-order valence-electron chi connectivity index (χ3n) is 2.91. The van der Waals surface area contributed by atoms with Gasteiger partial charge in [0.15, 0.2) is 0 Å². The van der Waals surface area contributed by atoms with Gasteiger partial charge in [-0.2, -0.15) is 0 Å². The van der Waals surface area contributed by atoms with E-state index in [1.165, 1.54) is 6.07 Å². The van der Waals surface area contributed by atoms with E-state index in [1.807, 2.05) is 6.92 Å². The van der Waals surface area contributed by atoms with Crippen molar-refractivity contribution in [1.82, 2.24) is 4.98 Å². The number of carboxylic acids is 1. The summed E-state index contributed by atoms with van der Waals surface area (Å²) in [5, 5.41) is 9.00. The quantitative estimate of drug-likeness (QED) is 0.865. The van der Waals surface area contributed by atoms with Crippen molar-refractivity contribution in [3.05, 3.63) is 23.4 Å². The maximum Gasteiger partial charge on any atom is 0.335 e. The average molecular weight is 251 g/mol. The highest BCUT2D eigenvalue weighted by Gasteiger charge is 2.17. The van der Waals surface area contributed by atoms with E-state index in [0.29, 0.717) is 18.9 Å². The van der Waals surface area contributed by atoms with E-state index in [9.17, 15) is 4.79 Å². The molecule has 1 N–H and O–H groups in total. The van der Waals surface area contributed by atoms with Gasteiger partial charge in [0.1, 0.15) is 6.61 Å². The molecule has 1 aromatic rings. The third-order valence-corrected chi connectivity index (χ3v) is 2.91. The Labute approximate surface area is 106 Å². The predicted molar refractivity (Wildman–Crippen MR) is 65.0 cm³/mol. The van der Waals surface area contributed by atoms with Crippen molar-refractivity contribution in [3.8, 4) is 5.88 Å². The molecule has 5 nitrogen and oxygen atoms in total. The van der Waals surface area contributed by atoms with E-state index in [2.05, 4.69) is 4.98 Å². The van der Waals surface area contributed by atoms with Crippen molar-refractivity contribution in [2.24, 2.45) is 0 Å². The summed E-state index contributed by atoms with van der Waals surface area (Å²) in [5.74, 6) is -0.601. The molecule has 0 aromatic carbocycles. The summed E-state index contributed by atoms with van der Waals surface area (Å²) in [7, 11) is 0. The Bertz CT molecular complexity index is 427. The van der Waals surface area contributed by atoms with Crippen LogP contribution in [0.5, 0.6) is 5.88 Å². The van der Waals surface area contributed by atoms with Crippen LogP contribution in [0.25, 0.3) is 0 Å². The molecule has 1 aromatic heterocycles. The van der Waals surface area contributed by atoms with Gasteiger partial charge in [-0.3, -0.25) is 0 Å². The topological polar surface area (TPSA) is 68.7 Å². The average Bonchev–Trinajstić information content (AvgIpc) is 2.89. The molecule has 0 aliphatic carbocycles. The number of aromatic carboxylic acids is 1. The Morgan fingerprint density at radius 2 is 2.44 bits per heavy atom. The van der Waals surface area contributed by atoms with E-state index < -0.39 is 5.97 Å². The van der Waals surface area contributed by atoms with Crippen LogP contribution in [0.15, 0.2) is 12.1 Å². The van der Waals surface area contributed by atoms with Crippen molar-refractivity contribution >= 4 is 5.97 Å². The number of carbonyl (C=O) groups is 1. The molecule has 0 radical (unpaired) electrons. The maximum absolute atomic E-state index is 11.0. The van der Waals surface area contributed by atoms with E-state index in [0.717, 1.165) is 25.1 Å². The monoisotopic (exact) mass is 251 g/mol. The lowest BCUT2D eigenvalue weighted by molar-refractivity contribution is 0.0656. The van der Waals surface area contributed by atoms with Crippen molar-refractivity contribution in [2.45, 2.75) is 32.3 Å². The molecule has 1 aliphatic rings. The summed E-state index contributed by atoms with van der Waals surface area (Å²) in [5.41, 5.74) is 0.932. The number of nitrogens with zero attached hydrogens (tertiary/aromatic N) is 1. The molecule has 1 saturated heterocycles. The Hall–Kier alpha value is -1.62. The van der Waals surface area contributed by atoms with Crippen LogP contribution < -0.4 is 4.74 Å². The van der Waals surface area contributed by atoms with Crippen molar-refractivity contribution in [2.75, 3.05) is 13.2 Å². The van der Waals surface area contributed by atoms with Gasteiger partial charge in [0.05, 0.1) is 11.7 Å². The first-order valence-corrected chi connectivity index (χ1v) is 6.17. The number of carboxylic acid groups (broad SMARTS) is 1. The minimum atomic E-state index is -0.964. The smallest absolute Gasteiger partial charge is 0.335 e. The van der Waals surface area contributed by atoms with Crippen LogP contribution in [0.1, 0.15) is 35.8 Å². The summed E-state index contributed by atoms with van der Waals surface area (Å²) in [4.78, 5) is 15.2. The maximum atomic E-state index is 11.0. The van der Waals surface area contributed by atoms with Gasteiger partial charge in [-0.15, -0.1) is 0 Å². The molecule has 98 valence electrons. The van der Waals surface area contributed by atoms with Gasteiger partial charge in [-0.1, -0.05) is 6.92 Å². The van der Waals surface area contributed by atoms with E-state index >= 15 is 0 Å². The van der Waals surface area contributed by atoms with Gasteiger partial charge in [-0.25, -0.2) is 9.78 Å². The first-order valence-electron chi connectivity index (χ1n) is 6.17. The molecule has 2 heterocycles. The van der Waals surface area contributed by atoms with E-state index in [1.54, 1.807) is 6.07 Å². The third kappa shape index (κ3) is 3.20. The van der Waals surface area contributed by atoms with Crippen LogP contribution >= 0.6 is 0 Å². The molecule has 1 atom stereocenters.